The molecule has 3 rings (SSSR count). The van der Waals surface area contributed by atoms with Gasteiger partial charge in [-0.05, 0) is 24.1 Å². The van der Waals surface area contributed by atoms with Crippen molar-refractivity contribution in [2.24, 2.45) is 0 Å². The van der Waals surface area contributed by atoms with Crippen molar-refractivity contribution in [2.45, 2.75) is 28.8 Å². The minimum Gasteiger partial charge on any atom is -0.365 e. The molecule has 4 heteroatoms. The number of hydrogen-bond acceptors (Lipinski definition) is 3. The Bertz CT molecular complexity index is 738. The van der Waals surface area contributed by atoms with Crippen LogP contribution in [0.25, 0.3) is 0 Å². The van der Waals surface area contributed by atoms with E-state index in [0.717, 1.165) is 5.56 Å². The van der Waals surface area contributed by atoms with Crippen LogP contribution in [-0.4, -0.2) is 19.8 Å². The van der Waals surface area contributed by atoms with E-state index in [9.17, 15) is 8.42 Å². The summed E-state index contributed by atoms with van der Waals surface area (Å²) >= 11 is 0. The highest BCUT2D eigenvalue weighted by molar-refractivity contribution is 7.92. The van der Waals surface area contributed by atoms with E-state index < -0.39 is 21.2 Å². The van der Waals surface area contributed by atoms with Gasteiger partial charge in [0, 0.05) is 0 Å². The van der Waals surface area contributed by atoms with Crippen LogP contribution in [-0.2, 0) is 14.6 Å². The molecule has 0 aliphatic carbocycles. The van der Waals surface area contributed by atoms with Gasteiger partial charge in [0.15, 0.2) is 9.84 Å². The quantitative estimate of drug-likeness (QED) is 0.811. The third-order valence-corrected chi connectivity index (χ3v) is 6.15. The Hall–Kier alpha value is -1.91. The molecule has 0 amide bonds. The van der Waals surface area contributed by atoms with Crippen molar-refractivity contribution >= 4 is 9.84 Å². The van der Waals surface area contributed by atoms with Gasteiger partial charge in [-0.15, -0.1) is 6.58 Å². The van der Waals surface area contributed by atoms with E-state index in [4.69, 9.17) is 4.74 Å². The van der Waals surface area contributed by atoms with E-state index >= 15 is 0 Å². The molecule has 2 aromatic carbocycles. The second-order valence-electron chi connectivity index (χ2n) is 5.37. The van der Waals surface area contributed by atoms with Crippen LogP contribution in [0.2, 0.25) is 0 Å². The van der Waals surface area contributed by atoms with E-state index in [1.165, 1.54) is 0 Å². The van der Waals surface area contributed by atoms with Gasteiger partial charge < -0.3 is 4.74 Å². The Labute approximate surface area is 131 Å². The molecule has 2 aromatic rings. The maximum Gasteiger partial charge on any atom is 0.184 e. The zero-order valence-corrected chi connectivity index (χ0v) is 12.9. The second kappa shape index (κ2) is 6.07. The monoisotopic (exact) mass is 314 g/mol. The Balaban J connectivity index is 2.01. The summed E-state index contributed by atoms with van der Waals surface area (Å²) in [6, 6.07) is 18.1. The highest BCUT2D eigenvalue weighted by Gasteiger charge is 2.43. The van der Waals surface area contributed by atoms with Crippen molar-refractivity contribution in [2.75, 3.05) is 0 Å². The predicted octanol–water partition coefficient (Wildman–Crippen LogP) is 3.55. The van der Waals surface area contributed by atoms with Crippen molar-refractivity contribution < 1.29 is 13.2 Å². The van der Waals surface area contributed by atoms with Crippen molar-refractivity contribution in [3.05, 3.63) is 78.9 Å². The van der Waals surface area contributed by atoms with E-state index in [0.29, 0.717) is 11.3 Å². The number of hydrogen-bond donors (Lipinski definition) is 0. The first-order valence-electron chi connectivity index (χ1n) is 7.25. The SMILES string of the molecule is C=C[C@@H]1C[C@@H](S(=O)(=O)c2ccccc2)[C@H](c2ccccc2)O1. The zero-order valence-electron chi connectivity index (χ0n) is 12.1. The lowest BCUT2D eigenvalue weighted by atomic mass is 10.1. The molecule has 0 spiro atoms. The number of benzene rings is 2. The van der Waals surface area contributed by atoms with Gasteiger partial charge in [0.1, 0.15) is 6.10 Å². The van der Waals surface area contributed by atoms with E-state index in [1.54, 1.807) is 30.3 Å². The Morgan fingerprint density at radius 1 is 1.00 bits per heavy atom. The Morgan fingerprint density at radius 3 is 2.18 bits per heavy atom. The van der Waals surface area contributed by atoms with Gasteiger partial charge in [-0.1, -0.05) is 54.6 Å². The molecule has 0 saturated carbocycles. The lowest BCUT2D eigenvalue weighted by Crippen LogP contribution is -2.25. The lowest BCUT2D eigenvalue weighted by Gasteiger charge is -2.19. The number of sulfone groups is 1. The molecule has 1 saturated heterocycles. The van der Waals surface area contributed by atoms with E-state index in [1.807, 2.05) is 36.4 Å². The molecule has 3 nitrogen and oxygen atoms in total. The first kappa shape index (κ1) is 15.0. The van der Waals surface area contributed by atoms with Crippen LogP contribution in [0.5, 0.6) is 0 Å². The Morgan fingerprint density at radius 2 is 1.59 bits per heavy atom. The standard InChI is InChI=1S/C18H18O3S/c1-2-15-13-17(18(21-15)14-9-5-3-6-10-14)22(19,20)16-11-7-4-8-12-16/h2-12,15,17-18H,1,13H2/t15-,17-,18+/m1/s1. The van der Waals surface area contributed by atoms with Crippen LogP contribution in [0, 0.1) is 0 Å². The van der Waals surface area contributed by atoms with Gasteiger partial charge in [0.2, 0.25) is 0 Å². The second-order valence-corrected chi connectivity index (χ2v) is 7.54. The average molecular weight is 314 g/mol. The molecule has 0 radical (unpaired) electrons. The first-order chi connectivity index (χ1) is 10.6. The van der Waals surface area contributed by atoms with E-state index in [2.05, 4.69) is 6.58 Å². The normalized spacial score (nSPS) is 25.0. The van der Waals surface area contributed by atoms with Crippen LogP contribution < -0.4 is 0 Å². The largest absolute Gasteiger partial charge is 0.365 e. The van der Waals surface area contributed by atoms with Gasteiger partial charge in [0.25, 0.3) is 0 Å². The first-order valence-corrected chi connectivity index (χ1v) is 8.79. The maximum absolute atomic E-state index is 13.0. The molecule has 3 atom stereocenters. The molecule has 1 aliphatic heterocycles. The summed E-state index contributed by atoms with van der Waals surface area (Å²) in [6.07, 6.45) is 1.40. The highest BCUT2D eigenvalue weighted by atomic mass is 32.2. The van der Waals surface area contributed by atoms with Crippen molar-refractivity contribution in [1.82, 2.24) is 0 Å². The summed E-state index contributed by atoms with van der Waals surface area (Å²) < 4.78 is 31.9. The van der Waals surface area contributed by atoms with Crippen LogP contribution in [0.1, 0.15) is 18.1 Å². The van der Waals surface area contributed by atoms with E-state index in [-0.39, 0.29) is 6.10 Å². The summed E-state index contributed by atoms with van der Waals surface area (Å²) in [5.74, 6) is 0. The fraction of sp³-hybridized carbons (Fsp3) is 0.222. The topological polar surface area (TPSA) is 43.4 Å². The molecule has 0 N–H and O–H groups in total. The predicted molar refractivity (Wildman–Crippen MR) is 86.3 cm³/mol. The van der Waals surface area contributed by atoms with Crippen molar-refractivity contribution in [1.29, 1.82) is 0 Å². The van der Waals surface area contributed by atoms with Gasteiger partial charge in [-0.3, -0.25) is 0 Å². The molecule has 1 heterocycles. The van der Waals surface area contributed by atoms with Crippen molar-refractivity contribution in [3.63, 3.8) is 0 Å². The average Bonchev–Trinajstić information content (AvgIpc) is 3.02. The van der Waals surface area contributed by atoms with Crippen LogP contribution in [0.3, 0.4) is 0 Å². The fourth-order valence-corrected chi connectivity index (χ4v) is 4.72. The molecule has 1 fully saturated rings. The molecule has 0 aromatic heterocycles. The third kappa shape index (κ3) is 2.72. The zero-order chi connectivity index (χ0) is 15.6. The summed E-state index contributed by atoms with van der Waals surface area (Å²) in [4.78, 5) is 0.342. The minimum atomic E-state index is -3.45. The van der Waals surface area contributed by atoms with Gasteiger partial charge >= 0.3 is 0 Å². The minimum absolute atomic E-state index is 0.242. The summed E-state index contributed by atoms with van der Waals surface area (Å²) in [7, 11) is -3.45. The van der Waals surface area contributed by atoms with Gasteiger partial charge in [-0.25, -0.2) is 8.42 Å². The molecular weight excluding hydrogens is 296 g/mol. The van der Waals surface area contributed by atoms with Gasteiger partial charge in [0.05, 0.1) is 16.2 Å². The van der Waals surface area contributed by atoms with Crippen molar-refractivity contribution in [3.8, 4) is 0 Å². The lowest BCUT2D eigenvalue weighted by molar-refractivity contribution is 0.0720. The third-order valence-electron chi connectivity index (χ3n) is 3.98. The number of ether oxygens (including phenoxy) is 1. The summed E-state index contributed by atoms with van der Waals surface area (Å²) in [5, 5.41) is -0.597. The molecule has 0 bridgehead atoms. The van der Waals surface area contributed by atoms with Gasteiger partial charge in [-0.2, -0.15) is 0 Å². The highest BCUT2D eigenvalue weighted by Crippen LogP contribution is 2.40. The van der Waals surface area contributed by atoms with Crippen LogP contribution >= 0.6 is 0 Å². The number of rotatable bonds is 4. The molecule has 1 aliphatic rings. The summed E-state index contributed by atoms with van der Waals surface area (Å²) in [6.45, 7) is 3.74. The molecule has 22 heavy (non-hydrogen) atoms. The van der Waals surface area contributed by atoms with Crippen LogP contribution in [0.15, 0.2) is 78.2 Å². The molecule has 114 valence electrons. The Kier molecular flexibility index (Phi) is 4.14. The smallest absolute Gasteiger partial charge is 0.184 e. The van der Waals surface area contributed by atoms with Crippen LogP contribution in [0.4, 0.5) is 0 Å². The maximum atomic E-state index is 13.0. The molecular formula is C18H18O3S. The summed E-state index contributed by atoms with van der Waals surface area (Å²) in [5.41, 5.74) is 0.886. The molecule has 0 unspecified atom stereocenters. The fourth-order valence-electron chi connectivity index (χ4n) is 2.85.